The van der Waals surface area contributed by atoms with Crippen molar-refractivity contribution in [2.75, 3.05) is 13.1 Å². The minimum atomic E-state index is -0.178. The molecule has 0 aliphatic carbocycles. The van der Waals surface area contributed by atoms with E-state index in [4.69, 9.17) is 0 Å². The van der Waals surface area contributed by atoms with Crippen LogP contribution < -0.4 is 10.6 Å². The van der Waals surface area contributed by atoms with Crippen molar-refractivity contribution in [2.24, 2.45) is 0 Å². The average molecular weight is 322 g/mol. The second-order valence-corrected chi connectivity index (χ2v) is 5.39. The van der Waals surface area contributed by atoms with Crippen molar-refractivity contribution >= 4 is 18.3 Å². The molecule has 2 aromatic rings. The largest absolute Gasteiger partial charge is 0.349 e. The van der Waals surface area contributed by atoms with Gasteiger partial charge in [0.15, 0.2) is 5.69 Å². The maximum absolute atomic E-state index is 12.1. The van der Waals surface area contributed by atoms with Crippen molar-refractivity contribution in [2.45, 2.75) is 25.8 Å². The number of hydrogen-bond donors (Lipinski definition) is 2. The van der Waals surface area contributed by atoms with Crippen molar-refractivity contribution in [3.05, 3.63) is 41.7 Å². The molecular weight excluding hydrogens is 302 g/mol. The van der Waals surface area contributed by atoms with Crippen molar-refractivity contribution in [3.8, 4) is 5.69 Å². The summed E-state index contributed by atoms with van der Waals surface area (Å²) in [5.41, 5.74) is 2.38. The molecule has 0 bridgehead atoms. The van der Waals surface area contributed by atoms with Gasteiger partial charge in [0.05, 0.1) is 11.9 Å². The number of carbonyl (C=O) groups excluding carboxylic acids is 1. The Balaban J connectivity index is 0.00000176. The molecule has 22 heavy (non-hydrogen) atoms. The van der Waals surface area contributed by atoms with Gasteiger partial charge in [-0.2, -0.15) is 0 Å². The van der Waals surface area contributed by atoms with E-state index in [-0.39, 0.29) is 18.3 Å². The Morgan fingerprint density at radius 2 is 2.36 bits per heavy atom. The minimum Gasteiger partial charge on any atom is -0.349 e. The number of nitrogens with zero attached hydrogens (tertiary/aromatic N) is 3. The molecule has 1 aromatic heterocycles. The van der Waals surface area contributed by atoms with Gasteiger partial charge in [-0.15, -0.1) is 17.5 Å². The highest BCUT2D eigenvalue weighted by Crippen LogP contribution is 2.09. The van der Waals surface area contributed by atoms with Crippen LogP contribution in [-0.2, 0) is 0 Å². The topological polar surface area (TPSA) is 71.8 Å². The summed E-state index contributed by atoms with van der Waals surface area (Å²) in [4.78, 5) is 12.1. The summed E-state index contributed by atoms with van der Waals surface area (Å²) >= 11 is 0. The third kappa shape index (κ3) is 3.84. The summed E-state index contributed by atoms with van der Waals surface area (Å²) < 4.78 is 1.62. The number of nitrogens with one attached hydrogen (secondary N) is 2. The van der Waals surface area contributed by atoms with Gasteiger partial charge in [-0.05, 0) is 44.0 Å². The molecule has 1 saturated heterocycles. The summed E-state index contributed by atoms with van der Waals surface area (Å²) in [5.74, 6) is -0.178. The molecule has 0 saturated carbocycles. The lowest BCUT2D eigenvalue weighted by Gasteiger charge is -2.09. The van der Waals surface area contributed by atoms with Gasteiger partial charge in [-0.25, -0.2) is 4.68 Å². The van der Waals surface area contributed by atoms with E-state index >= 15 is 0 Å². The molecule has 0 spiro atoms. The van der Waals surface area contributed by atoms with Gasteiger partial charge in [0.25, 0.3) is 5.91 Å². The molecule has 1 amide bonds. The van der Waals surface area contributed by atoms with E-state index in [0.717, 1.165) is 24.2 Å². The maximum atomic E-state index is 12.1. The number of aryl methyl sites for hydroxylation is 1. The van der Waals surface area contributed by atoms with Gasteiger partial charge in [-0.3, -0.25) is 4.79 Å². The Morgan fingerprint density at radius 1 is 1.50 bits per heavy atom. The van der Waals surface area contributed by atoms with Gasteiger partial charge in [0.2, 0.25) is 0 Å². The molecule has 118 valence electrons. The number of halogens is 1. The Labute approximate surface area is 135 Å². The molecule has 6 nitrogen and oxygen atoms in total. The molecule has 1 aliphatic rings. The zero-order valence-corrected chi connectivity index (χ0v) is 13.3. The van der Waals surface area contributed by atoms with Crippen LogP contribution in [0.1, 0.15) is 28.9 Å². The number of aromatic nitrogens is 3. The molecule has 2 heterocycles. The van der Waals surface area contributed by atoms with Crippen LogP contribution in [0.2, 0.25) is 0 Å². The number of rotatable bonds is 4. The van der Waals surface area contributed by atoms with Crippen LogP contribution in [0.25, 0.3) is 5.69 Å². The highest BCUT2D eigenvalue weighted by Gasteiger charge is 2.17. The van der Waals surface area contributed by atoms with E-state index in [2.05, 4.69) is 20.9 Å². The minimum absolute atomic E-state index is 0. The maximum Gasteiger partial charge on any atom is 0.273 e. The van der Waals surface area contributed by atoms with E-state index in [9.17, 15) is 4.79 Å². The number of amides is 1. The van der Waals surface area contributed by atoms with E-state index in [0.29, 0.717) is 18.3 Å². The summed E-state index contributed by atoms with van der Waals surface area (Å²) in [6.07, 6.45) is 3.94. The number of benzene rings is 1. The lowest BCUT2D eigenvalue weighted by Crippen LogP contribution is -2.37. The lowest BCUT2D eigenvalue weighted by atomic mass is 10.2. The molecular formula is C15H20ClN5O. The molecule has 1 aliphatic heterocycles. The first kappa shape index (κ1) is 16.5. The normalized spacial score (nSPS) is 17.0. The Kier molecular flexibility index (Phi) is 5.51. The van der Waals surface area contributed by atoms with Crippen LogP contribution in [0.4, 0.5) is 0 Å². The molecule has 0 radical (unpaired) electrons. The van der Waals surface area contributed by atoms with Crippen LogP contribution in [-0.4, -0.2) is 40.0 Å². The predicted octanol–water partition coefficient (Wildman–Crippen LogP) is 1.48. The van der Waals surface area contributed by atoms with Gasteiger partial charge in [-0.1, -0.05) is 17.3 Å². The molecule has 1 atom stereocenters. The number of hydrogen-bond acceptors (Lipinski definition) is 4. The van der Waals surface area contributed by atoms with Crippen LogP contribution in [0.5, 0.6) is 0 Å². The van der Waals surface area contributed by atoms with Gasteiger partial charge >= 0.3 is 0 Å². The third-order valence-electron chi connectivity index (χ3n) is 3.66. The zero-order valence-electron chi connectivity index (χ0n) is 12.5. The second kappa shape index (κ2) is 7.38. The second-order valence-electron chi connectivity index (χ2n) is 5.39. The van der Waals surface area contributed by atoms with Crippen molar-refractivity contribution in [1.29, 1.82) is 0 Å². The summed E-state index contributed by atoms with van der Waals surface area (Å²) in [6, 6.07) is 8.28. The lowest BCUT2D eigenvalue weighted by molar-refractivity contribution is 0.0945. The van der Waals surface area contributed by atoms with Gasteiger partial charge in [0, 0.05) is 12.6 Å². The standard InChI is InChI=1S/C15H19N5O.ClH/c1-11-4-2-6-13(8-11)20-10-14(18-19-20)15(21)17-9-12-5-3-7-16-12;/h2,4,6,8,10,12,16H,3,5,7,9H2,1H3,(H,17,21);1H. The van der Waals surface area contributed by atoms with E-state index in [1.807, 2.05) is 31.2 Å². The fraction of sp³-hybridized carbons (Fsp3) is 0.400. The van der Waals surface area contributed by atoms with Crippen molar-refractivity contribution in [1.82, 2.24) is 25.6 Å². The summed E-state index contributed by atoms with van der Waals surface area (Å²) in [7, 11) is 0. The average Bonchev–Trinajstić information content (AvgIpc) is 3.16. The van der Waals surface area contributed by atoms with E-state index < -0.39 is 0 Å². The Morgan fingerprint density at radius 3 is 3.09 bits per heavy atom. The molecule has 3 rings (SSSR count). The SMILES string of the molecule is Cc1cccc(-n2cc(C(=O)NCC3CCCN3)nn2)c1.Cl. The first-order valence-corrected chi connectivity index (χ1v) is 7.23. The van der Waals surface area contributed by atoms with Crippen LogP contribution in [0.15, 0.2) is 30.5 Å². The Bertz CT molecular complexity index is 636. The van der Waals surface area contributed by atoms with Crippen LogP contribution in [0.3, 0.4) is 0 Å². The van der Waals surface area contributed by atoms with Gasteiger partial charge in [0.1, 0.15) is 0 Å². The summed E-state index contributed by atoms with van der Waals surface area (Å²) in [6.45, 7) is 3.68. The fourth-order valence-corrected chi connectivity index (χ4v) is 2.50. The third-order valence-corrected chi connectivity index (χ3v) is 3.66. The van der Waals surface area contributed by atoms with E-state index in [1.54, 1.807) is 10.9 Å². The van der Waals surface area contributed by atoms with Crippen molar-refractivity contribution in [3.63, 3.8) is 0 Å². The van der Waals surface area contributed by atoms with Crippen LogP contribution in [0, 0.1) is 6.92 Å². The predicted molar refractivity (Wildman–Crippen MR) is 86.7 cm³/mol. The quantitative estimate of drug-likeness (QED) is 0.894. The molecule has 1 unspecified atom stereocenters. The fourth-order valence-electron chi connectivity index (χ4n) is 2.50. The first-order valence-electron chi connectivity index (χ1n) is 7.23. The highest BCUT2D eigenvalue weighted by molar-refractivity contribution is 5.91. The molecule has 7 heteroatoms. The molecule has 2 N–H and O–H groups in total. The molecule has 1 fully saturated rings. The highest BCUT2D eigenvalue weighted by atomic mass is 35.5. The van der Waals surface area contributed by atoms with E-state index in [1.165, 1.54) is 6.42 Å². The first-order chi connectivity index (χ1) is 10.2. The van der Waals surface area contributed by atoms with Crippen LogP contribution >= 0.6 is 12.4 Å². The summed E-state index contributed by atoms with van der Waals surface area (Å²) in [5, 5.41) is 14.2. The molecule has 1 aromatic carbocycles. The number of carbonyl (C=O) groups is 1. The monoisotopic (exact) mass is 321 g/mol. The van der Waals surface area contributed by atoms with Crippen molar-refractivity contribution < 1.29 is 4.79 Å². The smallest absolute Gasteiger partial charge is 0.273 e. The van der Waals surface area contributed by atoms with Gasteiger partial charge < -0.3 is 10.6 Å². The zero-order chi connectivity index (χ0) is 14.7. The Hall–Kier alpha value is -1.92.